The van der Waals surface area contributed by atoms with Gasteiger partial charge in [0.25, 0.3) is 0 Å². The molecule has 1 atom stereocenters. The van der Waals surface area contributed by atoms with Crippen molar-refractivity contribution >= 4 is 12.0 Å². The monoisotopic (exact) mass is 183 g/mol. The van der Waals surface area contributed by atoms with Crippen molar-refractivity contribution in [1.82, 2.24) is 0 Å². The molecule has 0 bridgehead atoms. The van der Waals surface area contributed by atoms with Crippen LogP contribution in [-0.2, 0) is 14.3 Å². The molecule has 72 valence electrons. The lowest BCUT2D eigenvalue weighted by molar-refractivity contribution is -0.151. The highest BCUT2D eigenvalue weighted by molar-refractivity contribution is 5.81. The highest BCUT2D eigenvalue weighted by atomic mass is 16.6. The predicted molar refractivity (Wildman–Crippen MR) is 48.0 cm³/mol. The summed E-state index contributed by atoms with van der Waals surface area (Å²) in [5, 5.41) is 0. The Morgan fingerprint density at radius 2 is 2.23 bits per heavy atom. The van der Waals surface area contributed by atoms with Crippen molar-refractivity contribution in [2.24, 2.45) is 4.99 Å². The number of hydrogen-bond acceptors (Lipinski definition) is 4. The van der Waals surface area contributed by atoms with Gasteiger partial charge in [-0.25, -0.2) is 9.59 Å². The summed E-state index contributed by atoms with van der Waals surface area (Å²) in [6, 6.07) is -0.422. The Balaban J connectivity index is 4.45. The predicted octanol–water partition coefficient (Wildman–Crippen LogP) is 1.22. The van der Waals surface area contributed by atoms with Gasteiger partial charge in [0.2, 0.25) is 6.08 Å². The zero-order valence-corrected chi connectivity index (χ0v) is 8.03. The topological polar surface area (TPSA) is 55.7 Å². The maximum absolute atomic E-state index is 10.9. The first kappa shape index (κ1) is 11.6. The van der Waals surface area contributed by atoms with Crippen molar-refractivity contribution in [1.29, 1.82) is 0 Å². The fourth-order valence-electron chi connectivity index (χ4n) is 0.621. The van der Waals surface area contributed by atoms with E-state index < -0.39 is 17.6 Å². The first-order chi connectivity index (χ1) is 5.94. The van der Waals surface area contributed by atoms with Gasteiger partial charge in [-0.05, 0) is 20.8 Å². The van der Waals surface area contributed by atoms with Crippen LogP contribution >= 0.6 is 0 Å². The van der Waals surface area contributed by atoms with E-state index in [0.717, 1.165) is 6.08 Å². The summed E-state index contributed by atoms with van der Waals surface area (Å²) in [4.78, 5) is 24.3. The lowest BCUT2D eigenvalue weighted by atomic mass is 10.0. The average molecular weight is 183 g/mol. The molecule has 0 aliphatic carbocycles. The van der Waals surface area contributed by atoms with Crippen LogP contribution in [0.3, 0.4) is 0 Å². The van der Waals surface area contributed by atoms with E-state index in [9.17, 15) is 9.59 Å². The van der Waals surface area contributed by atoms with E-state index in [0.29, 0.717) is 0 Å². The molecule has 1 unspecified atom stereocenters. The lowest BCUT2D eigenvalue weighted by Gasteiger charge is -2.27. The quantitative estimate of drug-likeness (QED) is 0.285. The Morgan fingerprint density at radius 1 is 1.69 bits per heavy atom. The number of esters is 1. The Labute approximate surface area is 77.3 Å². The number of nitrogens with zero attached hydrogens (tertiary/aromatic N) is 1. The molecule has 0 aromatic heterocycles. The van der Waals surface area contributed by atoms with Gasteiger partial charge in [-0.2, -0.15) is 4.99 Å². The lowest BCUT2D eigenvalue weighted by Crippen LogP contribution is -2.37. The van der Waals surface area contributed by atoms with Crippen LogP contribution in [-0.4, -0.2) is 23.7 Å². The van der Waals surface area contributed by atoms with Crippen molar-refractivity contribution in [3.8, 4) is 0 Å². The molecule has 0 rings (SSSR count). The van der Waals surface area contributed by atoms with Crippen LogP contribution < -0.4 is 0 Å². The van der Waals surface area contributed by atoms with E-state index in [1.807, 2.05) is 0 Å². The summed E-state index contributed by atoms with van der Waals surface area (Å²) in [5.41, 5.74) is -0.817. The summed E-state index contributed by atoms with van der Waals surface area (Å²) in [6.45, 7) is 8.27. The Morgan fingerprint density at radius 3 is 2.62 bits per heavy atom. The van der Waals surface area contributed by atoms with Crippen LogP contribution in [0.5, 0.6) is 0 Å². The Kier molecular flexibility index (Phi) is 4.08. The molecule has 0 aromatic rings. The summed E-state index contributed by atoms with van der Waals surface area (Å²) in [5.74, 6) is -0.530. The van der Waals surface area contributed by atoms with Gasteiger partial charge >= 0.3 is 5.97 Å². The third-order valence-corrected chi connectivity index (χ3v) is 1.78. The van der Waals surface area contributed by atoms with Gasteiger partial charge < -0.3 is 4.74 Å². The molecule has 0 aliphatic rings. The van der Waals surface area contributed by atoms with Gasteiger partial charge in [0, 0.05) is 6.08 Å². The third kappa shape index (κ3) is 3.67. The number of isocyanates is 1. The van der Waals surface area contributed by atoms with Gasteiger partial charge in [-0.3, -0.25) is 0 Å². The van der Waals surface area contributed by atoms with Gasteiger partial charge in [-0.15, -0.1) is 0 Å². The van der Waals surface area contributed by atoms with Crippen molar-refractivity contribution in [2.75, 3.05) is 0 Å². The van der Waals surface area contributed by atoms with Gasteiger partial charge in [0.15, 0.2) is 0 Å². The number of carbonyl (C=O) groups excluding carboxylic acids is 2. The molecular weight excluding hydrogens is 170 g/mol. The number of carbonyl (C=O) groups is 1. The molecule has 0 aromatic carbocycles. The molecule has 0 N–H and O–H groups in total. The van der Waals surface area contributed by atoms with Crippen LogP contribution in [0.4, 0.5) is 0 Å². The van der Waals surface area contributed by atoms with Crippen LogP contribution in [0, 0.1) is 0 Å². The first-order valence-corrected chi connectivity index (χ1v) is 3.86. The molecule has 4 nitrogen and oxygen atoms in total. The van der Waals surface area contributed by atoms with E-state index in [2.05, 4.69) is 11.6 Å². The van der Waals surface area contributed by atoms with E-state index >= 15 is 0 Å². The highest BCUT2D eigenvalue weighted by Crippen LogP contribution is 2.17. The van der Waals surface area contributed by atoms with Crippen LogP contribution in [0.15, 0.2) is 17.6 Å². The molecular formula is C9H13NO3. The molecule has 0 amide bonds. The molecule has 0 radical (unpaired) electrons. The van der Waals surface area contributed by atoms with E-state index in [4.69, 9.17) is 4.74 Å². The Bertz CT molecular complexity index is 252. The highest BCUT2D eigenvalue weighted by Gasteiger charge is 2.29. The second-order valence-electron chi connectivity index (χ2n) is 3.13. The number of hydrogen-bond donors (Lipinski definition) is 0. The SMILES string of the molecule is C=CC(=O)OC(C)(C)C(C)N=C=O. The number of ether oxygens (including phenoxy) is 1. The minimum atomic E-state index is -0.817. The van der Waals surface area contributed by atoms with Crippen molar-refractivity contribution in [2.45, 2.75) is 32.4 Å². The smallest absolute Gasteiger partial charge is 0.330 e. The van der Waals surface area contributed by atoms with Crippen LogP contribution in [0.1, 0.15) is 20.8 Å². The van der Waals surface area contributed by atoms with Gasteiger partial charge in [0.1, 0.15) is 5.60 Å². The van der Waals surface area contributed by atoms with E-state index in [-0.39, 0.29) is 0 Å². The number of rotatable bonds is 4. The zero-order chi connectivity index (χ0) is 10.5. The van der Waals surface area contributed by atoms with Crippen molar-refractivity contribution in [3.05, 3.63) is 12.7 Å². The summed E-state index contributed by atoms with van der Waals surface area (Å²) >= 11 is 0. The average Bonchev–Trinajstić information content (AvgIpc) is 2.04. The second-order valence-corrected chi connectivity index (χ2v) is 3.13. The maximum Gasteiger partial charge on any atom is 0.330 e. The summed E-state index contributed by atoms with van der Waals surface area (Å²) in [6.07, 6.45) is 2.49. The molecule has 0 saturated carbocycles. The summed E-state index contributed by atoms with van der Waals surface area (Å²) < 4.78 is 4.97. The molecule has 0 heterocycles. The maximum atomic E-state index is 10.9. The minimum Gasteiger partial charge on any atom is -0.454 e. The standard InChI is InChI=1S/C9H13NO3/c1-5-8(12)13-9(3,4)7(2)10-6-11/h5,7H,1H2,2-4H3. The number of aliphatic imine (C=N–C) groups is 1. The fraction of sp³-hybridized carbons (Fsp3) is 0.556. The largest absolute Gasteiger partial charge is 0.454 e. The molecule has 0 aliphatic heterocycles. The first-order valence-electron chi connectivity index (χ1n) is 3.86. The zero-order valence-electron chi connectivity index (χ0n) is 8.03. The van der Waals surface area contributed by atoms with Crippen molar-refractivity contribution < 1.29 is 14.3 Å². The molecule has 0 saturated heterocycles. The third-order valence-electron chi connectivity index (χ3n) is 1.78. The van der Waals surface area contributed by atoms with Gasteiger partial charge in [-0.1, -0.05) is 6.58 Å². The molecule has 0 fully saturated rings. The molecule has 4 heteroatoms. The van der Waals surface area contributed by atoms with Crippen LogP contribution in [0.25, 0.3) is 0 Å². The van der Waals surface area contributed by atoms with E-state index in [1.54, 1.807) is 20.8 Å². The van der Waals surface area contributed by atoms with Gasteiger partial charge in [0.05, 0.1) is 6.04 Å². The molecule has 13 heavy (non-hydrogen) atoms. The second kappa shape index (κ2) is 4.58. The Hall–Kier alpha value is -1.41. The minimum absolute atomic E-state index is 0.422. The fourth-order valence-corrected chi connectivity index (χ4v) is 0.621. The normalized spacial score (nSPS) is 12.5. The molecule has 0 spiro atoms. The van der Waals surface area contributed by atoms with E-state index in [1.165, 1.54) is 6.08 Å². The summed E-state index contributed by atoms with van der Waals surface area (Å²) in [7, 11) is 0. The van der Waals surface area contributed by atoms with Crippen LogP contribution in [0.2, 0.25) is 0 Å². The van der Waals surface area contributed by atoms with Crippen molar-refractivity contribution in [3.63, 3.8) is 0 Å².